The van der Waals surface area contributed by atoms with Crippen molar-refractivity contribution < 1.29 is 9.50 Å². The van der Waals surface area contributed by atoms with Gasteiger partial charge in [-0.15, -0.1) is 0 Å². The Morgan fingerprint density at radius 3 is 2.67 bits per heavy atom. The minimum Gasteiger partial charge on any atom is -0.384 e. The predicted molar refractivity (Wildman–Crippen MR) is 79.0 cm³/mol. The summed E-state index contributed by atoms with van der Waals surface area (Å²) < 4.78 is 13.8. The van der Waals surface area contributed by atoms with Crippen molar-refractivity contribution in [3.63, 3.8) is 0 Å². The van der Waals surface area contributed by atoms with Gasteiger partial charge in [-0.2, -0.15) is 0 Å². The van der Waals surface area contributed by atoms with Crippen LogP contribution in [-0.2, 0) is 6.42 Å². The van der Waals surface area contributed by atoms with Crippen LogP contribution in [0.3, 0.4) is 0 Å². The lowest BCUT2D eigenvalue weighted by molar-refractivity contribution is 0.219. The van der Waals surface area contributed by atoms with Gasteiger partial charge in [-0.25, -0.2) is 4.39 Å². The molecule has 1 atom stereocenters. The maximum atomic E-state index is 13.0. The minimum absolute atomic E-state index is 0.280. The highest BCUT2D eigenvalue weighted by Crippen LogP contribution is 2.27. The molecule has 3 heteroatoms. The first-order valence-electron chi connectivity index (χ1n) is 5.83. The van der Waals surface area contributed by atoms with Gasteiger partial charge in [0.2, 0.25) is 0 Å². The molecule has 2 aromatic rings. The van der Waals surface area contributed by atoms with Crippen LogP contribution in [0.5, 0.6) is 0 Å². The molecule has 0 aromatic heterocycles. The standard InChI is InChI=1S/C15H14FIO/c1-2-10-4-3-5-11(8-10)15(18)13-7-6-12(16)9-14(13)17/h3-9,15,18H,2H2,1H3. The average Bonchev–Trinajstić information content (AvgIpc) is 2.38. The fourth-order valence-corrected chi connectivity index (χ4v) is 2.66. The molecule has 0 heterocycles. The zero-order valence-corrected chi connectivity index (χ0v) is 12.2. The Balaban J connectivity index is 2.37. The van der Waals surface area contributed by atoms with Gasteiger partial charge >= 0.3 is 0 Å². The van der Waals surface area contributed by atoms with E-state index in [2.05, 4.69) is 6.92 Å². The molecular formula is C15H14FIO. The third kappa shape index (κ3) is 2.90. The summed E-state index contributed by atoms with van der Waals surface area (Å²) in [6.07, 6.45) is 0.227. The third-order valence-corrected chi connectivity index (χ3v) is 3.87. The molecule has 2 aromatic carbocycles. The van der Waals surface area contributed by atoms with Gasteiger partial charge in [0.15, 0.2) is 0 Å². The number of aliphatic hydroxyl groups excluding tert-OH is 1. The number of hydrogen-bond donors (Lipinski definition) is 1. The molecule has 0 aliphatic heterocycles. The molecule has 0 saturated heterocycles. The maximum absolute atomic E-state index is 13.0. The lowest BCUT2D eigenvalue weighted by Gasteiger charge is -2.14. The van der Waals surface area contributed by atoms with Gasteiger partial charge in [0.25, 0.3) is 0 Å². The Kier molecular flexibility index (Phi) is 4.35. The van der Waals surface area contributed by atoms with Gasteiger partial charge < -0.3 is 5.11 Å². The zero-order valence-electron chi connectivity index (χ0n) is 10.0. The van der Waals surface area contributed by atoms with Crippen molar-refractivity contribution >= 4 is 22.6 Å². The van der Waals surface area contributed by atoms with E-state index in [4.69, 9.17) is 0 Å². The Labute approximate surface area is 120 Å². The van der Waals surface area contributed by atoms with Gasteiger partial charge in [-0.3, -0.25) is 0 Å². The molecule has 1 N–H and O–H groups in total. The van der Waals surface area contributed by atoms with Gasteiger partial charge in [0.1, 0.15) is 11.9 Å². The van der Waals surface area contributed by atoms with Gasteiger partial charge in [0.05, 0.1) is 0 Å². The highest BCUT2D eigenvalue weighted by Gasteiger charge is 2.14. The van der Waals surface area contributed by atoms with E-state index in [-0.39, 0.29) is 5.82 Å². The zero-order chi connectivity index (χ0) is 13.1. The van der Waals surface area contributed by atoms with Crippen molar-refractivity contribution in [2.75, 3.05) is 0 Å². The number of hydrogen-bond acceptors (Lipinski definition) is 1. The molecule has 0 aliphatic rings. The van der Waals surface area contributed by atoms with Gasteiger partial charge in [0, 0.05) is 3.57 Å². The van der Waals surface area contributed by atoms with Crippen LogP contribution >= 0.6 is 22.6 Å². The third-order valence-electron chi connectivity index (χ3n) is 2.93. The Morgan fingerprint density at radius 1 is 1.22 bits per heavy atom. The molecule has 0 fully saturated rings. The van der Waals surface area contributed by atoms with Crippen LogP contribution in [-0.4, -0.2) is 5.11 Å². The topological polar surface area (TPSA) is 20.2 Å². The normalized spacial score (nSPS) is 12.4. The summed E-state index contributed by atoms with van der Waals surface area (Å²) in [5.41, 5.74) is 2.77. The quantitative estimate of drug-likeness (QED) is 0.822. The van der Waals surface area contributed by atoms with Crippen molar-refractivity contribution in [2.24, 2.45) is 0 Å². The van der Waals surface area contributed by atoms with Crippen LogP contribution in [0.2, 0.25) is 0 Å². The Hall–Kier alpha value is -0.940. The second kappa shape index (κ2) is 5.80. The molecule has 2 rings (SSSR count). The molecule has 1 unspecified atom stereocenters. The molecular weight excluding hydrogens is 342 g/mol. The highest BCUT2D eigenvalue weighted by molar-refractivity contribution is 14.1. The highest BCUT2D eigenvalue weighted by atomic mass is 127. The monoisotopic (exact) mass is 356 g/mol. The summed E-state index contributed by atoms with van der Waals surface area (Å²) in [4.78, 5) is 0. The number of aliphatic hydroxyl groups is 1. The molecule has 0 bridgehead atoms. The predicted octanol–water partition coefficient (Wildman–Crippen LogP) is 4.07. The summed E-state index contributed by atoms with van der Waals surface area (Å²) in [6.45, 7) is 2.08. The minimum atomic E-state index is -0.705. The fraction of sp³-hybridized carbons (Fsp3) is 0.200. The molecule has 0 amide bonds. The van der Waals surface area contributed by atoms with Crippen molar-refractivity contribution in [1.29, 1.82) is 0 Å². The smallest absolute Gasteiger partial charge is 0.124 e. The van der Waals surface area contributed by atoms with Crippen molar-refractivity contribution in [3.05, 3.63) is 68.5 Å². The maximum Gasteiger partial charge on any atom is 0.124 e. The van der Waals surface area contributed by atoms with E-state index >= 15 is 0 Å². The Morgan fingerprint density at radius 2 is 2.00 bits per heavy atom. The molecule has 0 radical (unpaired) electrons. The molecule has 94 valence electrons. The van der Waals surface area contributed by atoms with E-state index < -0.39 is 6.10 Å². The summed E-state index contributed by atoms with van der Waals surface area (Å²) in [7, 11) is 0. The number of aryl methyl sites for hydroxylation is 1. The summed E-state index contributed by atoms with van der Waals surface area (Å²) in [5.74, 6) is -0.280. The van der Waals surface area contributed by atoms with E-state index in [1.54, 1.807) is 6.07 Å². The van der Waals surface area contributed by atoms with Gasteiger partial charge in [-0.1, -0.05) is 37.3 Å². The summed E-state index contributed by atoms with van der Waals surface area (Å²) in [5, 5.41) is 10.4. The van der Waals surface area contributed by atoms with Crippen LogP contribution in [0.15, 0.2) is 42.5 Å². The lowest BCUT2D eigenvalue weighted by atomic mass is 9.99. The largest absolute Gasteiger partial charge is 0.384 e. The fourth-order valence-electron chi connectivity index (χ4n) is 1.89. The second-order valence-corrected chi connectivity index (χ2v) is 5.33. The van der Waals surface area contributed by atoms with E-state index in [0.717, 1.165) is 21.1 Å². The lowest BCUT2D eigenvalue weighted by Crippen LogP contribution is -2.03. The number of halogens is 2. The summed E-state index contributed by atoms with van der Waals surface area (Å²) in [6, 6.07) is 12.3. The van der Waals surface area contributed by atoms with Crippen LogP contribution in [0.25, 0.3) is 0 Å². The second-order valence-electron chi connectivity index (χ2n) is 4.17. The van der Waals surface area contributed by atoms with E-state index in [9.17, 15) is 9.50 Å². The number of rotatable bonds is 3. The molecule has 1 nitrogen and oxygen atoms in total. The molecule has 0 aliphatic carbocycles. The van der Waals surface area contributed by atoms with Crippen LogP contribution < -0.4 is 0 Å². The van der Waals surface area contributed by atoms with Crippen molar-refractivity contribution in [1.82, 2.24) is 0 Å². The van der Waals surface area contributed by atoms with Gasteiger partial charge in [-0.05, 0) is 57.8 Å². The van der Waals surface area contributed by atoms with E-state index in [0.29, 0.717) is 0 Å². The van der Waals surface area contributed by atoms with Crippen LogP contribution in [0.4, 0.5) is 4.39 Å². The van der Waals surface area contributed by atoms with Crippen LogP contribution in [0.1, 0.15) is 29.7 Å². The number of benzene rings is 2. The van der Waals surface area contributed by atoms with E-state index in [1.807, 2.05) is 46.9 Å². The first kappa shape index (κ1) is 13.5. The Bertz CT molecular complexity index is 554. The summed E-state index contributed by atoms with van der Waals surface area (Å²) >= 11 is 2.05. The molecule has 0 spiro atoms. The van der Waals surface area contributed by atoms with Crippen LogP contribution in [0, 0.1) is 9.39 Å². The molecule has 0 saturated carbocycles. The first-order valence-corrected chi connectivity index (χ1v) is 6.91. The molecule has 18 heavy (non-hydrogen) atoms. The first-order chi connectivity index (χ1) is 8.61. The van der Waals surface area contributed by atoms with Crippen molar-refractivity contribution in [3.8, 4) is 0 Å². The van der Waals surface area contributed by atoms with E-state index in [1.165, 1.54) is 17.7 Å². The SMILES string of the molecule is CCc1cccc(C(O)c2ccc(F)cc2I)c1. The average molecular weight is 356 g/mol. The van der Waals surface area contributed by atoms with Crippen molar-refractivity contribution in [2.45, 2.75) is 19.4 Å².